The van der Waals surface area contributed by atoms with Crippen molar-refractivity contribution < 1.29 is 13.2 Å². The van der Waals surface area contributed by atoms with E-state index in [0.717, 1.165) is 12.3 Å². The molecule has 0 spiro atoms. The molecule has 0 amide bonds. The number of hydrogen-bond acceptors (Lipinski definition) is 3. The maximum absolute atomic E-state index is 12.5. The first kappa shape index (κ1) is 13.8. The van der Waals surface area contributed by atoms with E-state index in [1.165, 1.54) is 12.3 Å². The lowest BCUT2D eigenvalue weighted by molar-refractivity contribution is -0.137. The molecule has 0 atom stereocenters. The molecule has 0 unspecified atom stereocenters. The summed E-state index contributed by atoms with van der Waals surface area (Å²) in [6.07, 6.45) is -0.595. The Labute approximate surface area is 122 Å². The molecule has 21 heavy (non-hydrogen) atoms. The van der Waals surface area contributed by atoms with Crippen LogP contribution < -0.4 is 0 Å². The van der Waals surface area contributed by atoms with Crippen LogP contribution in [0.3, 0.4) is 0 Å². The van der Waals surface area contributed by atoms with E-state index in [0.29, 0.717) is 22.2 Å². The normalized spacial score (nSPS) is 11.8. The van der Waals surface area contributed by atoms with E-state index in [-0.39, 0.29) is 5.15 Å². The van der Waals surface area contributed by atoms with Crippen molar-refractivity contribution in [2.75, 3.05) is 0 Å². The summed E-state index contributed by atoms with van der Waals surface area (Å²) < 4.78 is 37.6. The number of aromatic nitrogens is 3. The van der Waals surface area contributed by atoms with Gasteiger partial charge in [0.2, 0.25) is 0 Å². The zero-order valence-electron chi connectivity index (χ0n) is 10.4. The number of nitrogens with zero attached hydrogens (tertiary/aromatic N) is 3. The first-order valence-electron chi connectivity index (χ1n) is 5.89. The van der Waals surface area contributed by atoms with E-state index in [9.17, 15) is 13.2 Å². The maximum atomic E-state index is 12.5. The quantitative estimate of drug-likeness (QED) is 0.627. The first-order chi connectivity index (χ1) is 9.97. The van der Waals surface area contributed by atoms with Gasteiger partial charge in [0.25, 0.3) is 0 Å². The van der Waals surface area contributed by atoms with Gasteiger partial charge in [0.15, 0.2) is 0 Å². The SMILES string of the molecule is FC(F)(F)c1ccc(-c2cnc(Cl)c3cccnc23)nc1. The molecule has 0 aliphatic rings. The highest BCUT2D eigenvalue weighted by Crippen LogP contribution is 2.32. The van der Waals surface area contributed by atoms with Gasteiger partial charge < -0.3 is 0 Å². The largest absolute Gasteiger partial charge is 0.417 e. The highest BCUT2D eigenvalue weighted by molar-refractivity contribution is 6.34. The minimum atomic E-state index is -4.41. The van der Waals surface area contributed by atoms with Crippen LogP contribution in [-0.4, -0.2) is 15.0 Å². The Bertz CT molecular complexity index is 801. The van der Waals surface area contributed by atoms with E-state index < -0.39 is 11.7 Å². The minimum absolute atomic E-state index is 0.286. The van der Waals surface area contributed by atoms with Crippen LogP contribution >= 0.6 is 11.6 Å². The van der Waals surface area contributed by atoms with Crippen LogP contribution in [0.25, 0.3) is 22.2 Å². The molecule has 0 aliphatic heterocycles. The van der Waals surface area contributed by atoms with E-state index in [2.05, 4.69) is 15.0 Å². The fourth-order valence-corrected chi connectivity index (χ4v) is 2.15. The molecule has 3 nitrogen and oxygen atoms in total. The summed E-state index contributed by atoms with van der Waals surface area (Å²) >= 11 is 5.98. The van der Waals surface area contributed by atoms with Crippen LogP contribution in [0.15, 0.2) is 42.9 Å². The Balaban J connectivity index is 2.15. The zero-order valence-corrected chi connectivity index (χ0v) is 11.2. The molecule has 0 radical (unpaired) electrons. The van der Waals surface area contributed by atoms with Crippen molar-refractivity contribution in [2.24, 2.45) is 0 Å². The number of fused-ring (bicyclic) bond motifs is 1. The summed E-state index contributed by atoms with van der Waals surface area (Å²) in [4.78, 5) is 12.1. The van der Waals surface area contributed by atoms with Crippen molar-refractivity contribution in [1.29, 1.82) is 0 Å². The molecular formula is C14H7ClF3N3. The highest BCUT2D eigenvalue weighted by atomic mass is 35.5. The molecule has 0 saturated heterocycles. The molecule has 0 aliphatic carbocycles. The predicted molar refractivity (Wildman–Crippen MR) is 72.8 cm³/mol. The predicted octanol–water partition coefficient (Wildman–Crippen LogP) is 4.36. The van der Waals surface area contributed by atoms with Gasteiger partial charge in [-0.05, 0) is 24.3 Å². The van der Waals surface area contributed by atoms with E-state index in [1.807, 2.05) is 0 Å². The fraction of sp³-hybridized carbons (Fsp3) is 0.0714. The lowest BCUT2D eigenvalue weighted by atomic mass is 10.1. The summed E-state index contributed by atoms with van der Waals surface area (Å²) in [7, 11) is 0. The molecular weight excluding hydrogens is 303 g/mol. The van der Waals surface area contributed by atoms with Gasteiger partial charge in [0.05, 0.1) is 16.8 Å². The average Bonchev–Trinajstić information content (AvgIpc) is 2.47. The zero-order chi connectivity index (χ0) is 15.0. The summed E-state index contributed by atoms with van der Waals surface area (Å²) in [5.41, 5.74) is 0.634. The summed E-state index contributed by atoms with van der Waals surface area (Å²) in [6, 6.07) is 5.72. The van der Waals surface area contributed by atoms with Gasteiger partial charge in [-0.25, -0.2) is 4.98 Å². The van der Waals surface area contributed by atoms with Crippen LogP contribution in [0, 0.1) is 0 Å². The third kappa shape index (κ3) is 2.54. The Morgan fingerprint density at radius 3 is 2.43 bits per heavy atom. The van der Waals surface area contributed by atoms with Crippen molar-refractivity contribution in [1.82, 2.24) is 15.0 Å². The molecule has 0 aromatic carbocycles. The molecule has 3 aromatic heterocycles. The lowest BCUT2D eigenvalue weighted by Crippen LogP contribution is -2.05. The summed E-state index contributed by atoms with van der Waals surface area (Å²) in [5, 5.41) is 0.909. The Kier molecular flexibility index (Phi) is 3.25. The van der Waals surface area contributed by atoms with Gasteiger partial charge in [-0.15, -0.1) is 0 Å². The number of alkyl halides is 3. The van der Waals surface area contributed by atoms with Crippen LogP contribution in [0.2, 0.25) is 5.15 Å². The van der Waals surface area contributed by atoms with Gasteiger partial charge in [0, 0.05) is 29.5 Å². The second-order valence-corrected chi connectivity index (χ2v) is 4.65. The Morgan fingerprint density at radius 2 is 1.76 bits per heavy atom. The molecule has 0 saturated carbocycles. The van der Waals surface area contributed by atoms with Gasteiger partial charge in [-0.2, -0.15) is 13.2 Å². The fourth-order valence-electron chi connectivity index (χ4n) is 1.95. The minimum Gasteiger partial charge on any atom is -0.255 e. The Hall–Kier alpha value is -2.21. The molecule has 0 bridgehead atoms. The van der Waals surface area contributed by atoms with Crippen molar-refractivity contribution in [3.8, 4) is 11.3 Å². The van der Waals surface area contributed by atoms with Crippen LogP contribution in [0.1, 0.15) is 5.56 Å². The number of halogens is 4. The van der Waals surface area contributed by atoms with Crippen LogP contribution in [-0.2, 0) is 6.18 Å². The third-order valence-electron chi connectivity index (χ3n) is 2.96. The van der Waals surface area contributed by atoms with E-state index in [4.69, 9.17) is 11.6 Å². The highest BCUT2D eigenvalue weighted by Gasteiger charge is 2.30. The second kappa shape index (κ2) is 4.96. The number of pyridine rings is 3. The van der Waals surface area contributed by atoms with Gasteiger partial charge >= 0.3 is 6.18 Å². The first-order valence-corrected chi connectivity index (χ1v) is 6.27. The molecule has 3 aromatic rings. The van der Waals surface area contributed by atoms with E-state index in [1.54, 1.807) is 18.3 Å². The van der Waals surface area contributed by atoms with Crippen molar-refractivity contribution >= 4 is 22.5 Å². The Morgan fingerprint density at radius 1 is 0.952 bits per heavy atom. The van der Waals surface area contributed by atoms with E-state index >= 15 is 0 Å². The molecule has 106 valence electrons. The molecule has 3 heterocycles. The van der Waals surface area contributed by atoms with Gasteiger partial charge in [0.1, 0.15) is 5.15 Å². The maximum Gasteiger partial charge on any atom is 0.417 e. The third-order valence-corrected chi connectivity index (χ3v) is 3.26. The van der Waals surface area contributed by atoms with Crippen LogP contribution in [0.5, 0.6) is 0 Å². The van der Waals surface area contributed by atoms with Gasteiger partial charge in [-0.1, -0.05) is 11.6 Å². The van der Waals surface area contributed by atoms with Crippen molar-refractivity contribution in [3.63, 3.8) is 0 Å². The number of rotatable bonds is 1. The second-order valence-electron chi connectivity index (χ2n) is 4.29. The molecule has 0 fully saturated rings. The molecule has 3 rings (SSSR count). The average molecular weight is 310 g/mol. The summed E-state index contributed by atoms with van der Waals surface area (Å²) in [5.74, 6) is 0. The standard InChI is InChI=1S/C14H7ClF3N3/c15-13-9-2-1-5-19-12(9)10(7-21-13)11-4-3-8(6-20-11)14(16,17)18/h1-7H. The van der Waals surface area contributed by atoms with Gasteiger partial charge in [-0.3, -0.25) is 9.97 Å². The van der Waals surface area contributed by atoms with Crippen molar-refractivity contribution in [2.45, 2.75) is 6.18 Å². The molecule has 0 N–H and O–H groups in total. The topological polar surface area (TPSA) is 38.7 Å². The summed E-state index contributed by atoms with van der Waals surface area (Å²) in [6.45, 7) is 0. The monoisotopic (exact) mass is 309 g/mol. The number of hydrogen-bond donors (Lipinski definition) is 0. The lowest BCUT2D eigenvalue weighted by Gasteiger charge is -2.08. The molecule has 7 heteroatoms. The van der Waals surface area contributed by atoms with Crippen LogP contribution in [0.4, 0.5) is 13.2 Å². The smallest absolute Gasteiger partial charge is 0.255 e. The van der Waals surface area contributed by atoms with Crippen molar-refractivity contribution in [3.05, 3.63) is 53.6 Å².